The lowest BCUT2D eigenvalue weighted by Crippen LogP contribution is -2.51. The van der Waals surface area contributed by atoms with Gasteiger partial charge >= 0.3 is 0 Å². The van der Waals surface area contributed by atoms with Gasteiger partial charge in [0.05, 0.1) is 12.7 Å². The summed E-state index contributed by atoms with van der Waals surface area (Å²) in [6, 6.07) is 11.0. The Morgan fingerprint density at radius 3 is 2.67 bits per heavy atom. The molecule has 0 aliphatic heterocycles. The Balaban J connectivity index is 1.74. The van der Waals surface area contributed by atoms with Crippen LogP contribution >= 0.6 is 0 Å². The lowest BCUT2D eigenvalue weighted by molar-refractivity contribution is -0.0140. The molecule has 1 aliphatic rings. The van der Waals surface area contributed by atoms with Crippen LogP contribution in [-0.4, -0.2) is 36.5 Å². The molecule has 0 spiro atoms. The van der Waals surface area contributed by atoms with Crippen molar-refractivity contribution in [1.29, 1.82) is 0 Å². The molecule has 0 bridgehead atoms. The van der Waals surface area contributed by atoms with Crippen molar-refractivity contribution in [2.75, 3.05) is 13.2 Å². The number of aliphatic hydroxyl groups excluding tert-OH is 1. The summed E-state index contributed by atoms with van der Waals surface area (Å²) in [4.78, 5) is 0. The molecule has 2 rings (SSSR count). The Morgan fingerprint density at radius 1 is 1.33 bits per heavy atom. The molecule has 3 nitrogen and oxygen atoms in total. The van der Waals surface area contributed by atoms with Gasteiger partial charge in [-0.05, 0) is 31.7 Å². The zero-order chi connectivity index (χ0) is 12.8. The monoisotopic (exact) mass is 249 g/mol. The summed E-state index contributed by atoms with van der Waals surface area (Å²) in [5.74, 6) is 0. The van der Waals surface area contributed by atoms with Crippen LogP contribution in [0.4, 0.5) is 0 Å². The average molecular weight is 249 g/mol. The van der Waals surface area contributed by atoms with Crippen molar-refractivity contribution >= 4 is 0 Å². The van der Waals surface area contributed by atoms with Gasteiger partial charge in [0, 0.05) is 18.7 Å². The average Bonchev–Trinajstić information content (AvgIpc) is 2.36. The smallest absolute Gasteiger partial charge is 0.0604 e. The van der Waals surface area contributed by atoms with Crippen molar-refractivity contribution in [2.45, 2.75) is 44.4 Å². The maximum Gasteiger partial charge on any atom is 0.0604 e. The van der Waals surface area contributed by atoms with Gasteiger partial charge in [-0.15, -0.1) is 0 Å². The largest absolute Gasteiger partial charge is 0.395 e. The van der Waals surface area contributed by atoms with Crippen molar-refractivity contribution in [3.8, 4) is 0 Å². The Bertz CT molecular complexity index is 336. The minimum Gasteiger partial charge on any atom is -0.395 e. The standard InChI is InChI=1S/C15H23NO2/c1-2-18-15-9-13(10-15)16-14(11-17)8-12-6-4-3-5-7-12/h3-7,13-17H,2,8-11H2,1H3. The highest BCUT2D eigenvalue weighted by atomic mass is 16.5. The van der Waals surface area contributed by atoms with Gasteiger partial charge in [0.1, 0.15) is 0 Å². The first-order valence-corrected chi connectivity index (χ1v) is 6.84. The van der Waals surface area contributed by atoms with E-state index in [0.29, 0.717) is 12.1 Å². The van der Waals surface area contributed by atoms with Gasteiger partial charge in [-0.25, -0.2) is 0 Å². The summed E-state index contributed by atoms with van der Waals surface area (Å²) in [5, 5.41) is 12.9. The lowest BCUT2D eigenvalue weighted by Gasteiger charge is -2.37. The van der Waals surface area contributed by atoms with E-state index in [2.05, 4.69) is 17.4 Å². The highest BCUT2D eigenvalue weighted by molar-refractivity contribution is 5.16. The van der Waals surface area contributed by atoms with Gasteiger partial charge in [-0.3, -0.25) is 0 Å². The molecular formula is C15H23NO2. The van der Waals surface area contributed by atoms with Gasteiger partial charge in [-0.1, -0.05) is 30.3 Å². The van der Waals surface area contributed by atoms with Gasteiger partial charge in [0.2, 0.25) is 0 Å². The van der Waals surface area contributed by atoms with Crippen LogP contribution in [0.25, 0.3) is 0 Å². The number of ether oxygens (including phenoxy) is 1. The minimum atomic E-state index is 0.153. The van der Waals surface area contributed by atoms with Crippen LogP contribution in [0.1, 0.15) is 25.3 Å². The van der Waals surface area contributed by atoms with Crippen molar-refractivity contribution in [3.63, 3.8) is 0 Å². The molecule has 0 radical (unpaired) electrons. The van der Waals surface area contributed by atoms with Gasteiger partial charge in [0.15, 0.2) is 0 Å². The summed E-state index contributed by atoms with van der Waals surface area (Å²) < 4.78 is 5.54. The minimum absolute atomic E-state index is 0.153. The Hall–Kier alpha value is -0.900. The summed E-state index contributed by atoms with van der Waals surface area (Å²) in [6.07, 6.45) is 3.44. The van der Waals surface area contributed by atoms with Gasteiger partial charge in [0.25, 0.3) is 0 Å². The molecule has 1 fully saturated rings. The molecule has 2 N–H and O–H groups in total. The topological polar surface area (TPSA) is 41.5 Å². The van der Waals surface area contributed by atoms with Gasteiger partial charge in [-0.2, -0.15) is 0 Å². The van der Waals surface area contributed by atoms with E-state index in [0.717, 1.165) is 25.9 Å². The Labute approximate surface area is 109 Å². The van der Waals surface area contributed by atoms with E-state index in [1.54, 1.807) is 0 Å². The normalized spacial score (nSPS) is 24.6. The van der Waals surface area contributed by atoms with E-state index >= 15 is 0 Å². The predicted molar refractivity (Wildman–Crippen MR) is 72.6 cm³/mol. The number of hydrogen-bond acceptors (Lipinski definition) is 3. The van der Waals surface area contributed by atoms with E-state index in [9.17, 15) is 5.11 Å². The number of nitrogens with one attached hydrogen (secondary N) is 1. The SMILES string of the molecule is CCOC1CC(NC(CO)Cc2ccccc2)C1. The molecule has 1 aromatic rings. The number of rotatable bonds is 7. The molecule has 1 saturated carbocycles. The molecule has 1 atom stereocenters. The molecule has 0 amide bonds. The molecule has 0 heterocycles. The molecule has 1 aliphatic carbocycles. The quantitative estimate of drug-likeness (QED) is 0.773. The van der Waals surface area contributed by atoms with Crippen molar-refractivity contribution in [2.24, 2.45) is 0 Å². The zero-order valence-corrected chi connectivity index (χ0v) is 11.0. The molecule has 3 heteroatoms. The van der Waals surface area contributed by atoms with Crippen LogP contribution < -0.4 is 5.32 Å². The molecule has 0 saturated heterocycles. The first-order valence-electron chi connectivity index (χ1n) is 6.84. The summed E-state index contributed by atoms with van der Waals surface area (Å²) in [6.45, 7) is 3.02. The first-order chi connectivity index (χ1) is 8.81. The highest BCUT2D eigenvalue weighted by Crippen LogP contribution is 2.23. The van der Waals surface area contributed by atoms with E-state index in [1.165, 1.54) is 5.56 Å². The lowest BCUT2D eigenvalue weighted by atomic mass is 9.88. The highest BCUT2D eigenvalue weighted by Gasteiger charge is 2.30. The second kappa shape index (κ2) is 6.88. The third kappa shape index (κ3) is 3.80. The molecule has 1 unspecified atom stereocenters. The van der Waals surface area contributed by atoms with Crippen LogP contribution in [0.2, 0.25) is 0 Å². The maximum absolute atomic E-state index is 9.43. The second-order valence-electron chi connectivity index (χ2n) is 4.98. The number of hydrogen-bond donors (Lipinski definition) is 2. The fraction of sp³-hybridized carbons (Fsp3) is 0.600. The fourth-order valence-electron chi connectivity index (χ4n) is 2.48. The Kier molecular flexibility index (Phi) is 5.17. The molecule has 0 aromatic heterocycles. The van der Waals surface area contributed by atoms with Crippen LogP contribution in [0.3, 0.4) is 0 Å². The van der Waals surface area contributed by atoms with Crippen LogP contribution in [0.15, 0.2) is 30.3 Å². The molecule has 100 valence electrons. The van der Waals surface area contributed by atoms with Crippen molar-refractivity contribution < 1.29 is 9.84 Å². The fourth-order valence-corrected chi connectivity index (χ4v) is 2.48. The Morgan fingerprint density at radius 2 is 2.06 bits per heavy atom. The van der Waals surface area contributed by atoms with E-state index in [4.69, 9.17) is 4.74 Å². The number of benzene rings is 1. The summed E-state index contributed by atoms with van der Waals surface area (Å²) in [7, 11) is 0. The second-order valence-corrected chi connectivity index (χ2v) is 4.98. The number of aliphatic hydroxyl groups is 1. The van der Waals surface area contributed by atoms with Crippen LogP contribution in [0, 0.1) is 0 Å². The third-order valence-electron chi connectivity index (χ3n) is 3.51. The first kappa shape index (κ1) is 13.5. The summed E-state index contributed by atoms with van der Waals surface area (Å²) >= 11 is 0. The van der Waals surface area contributed by atoms with E-state index in [1.807, 2.05) is 25.1 Å². The molecule has 1 aromatic carbocycles. The van der Waals surface area contributed by atoms with Crippen molar-refractivity contribution in [1.82, 2.24) is 5.32 Å². The predicted octanol–water partition coefficient (Wildman–Crippen LogP) is 1.75. The van der Waals surface area contributed by atoms with Crippen molar-refractivity contribution in [3.05, 3.63) is 35.9 Å². The van der Waals surface area contributed by atoms with Crippen LogP contribution in [0.5, 0.6) is 0 Å². The van der Waals surface area contributed by atoms with Gasteiger partial charge < -0.3 is 15.2 Å². The van der Waals surface area contributed by atoms with Crippen LogP contribution in [-0.2, 0) is 11.2 Å². The van der Waals surface area contributed by atoms with E-state index < -0.39 is 0 Å². The third-order valence-corrected chi connectivity index (χ3v) is 3.51. The summed E-state index contributed by atoms with van der Waals surface area (Å²) in [5.41, 5.74) is 1.27. The zero-order valence-electron chi connectivity index (χ0n) is 11.0. The van der Waals surface area contributed by atoms with E-state index in [-0.39, 0.29) is 12.6 Å². The maximum atomic E-state index is 9.43. The molecular weight excluding hydrogens is 226 g/mol. The molecule has 18 heavy (non-hydrogen) atoms.